The van der Waals surface area contributed by atoms with Crippen LogP contribution in [0.3, 0.4) is 0 Å². The van der Waals surface area contributed by atoms with Gasteiger partial charge in [0, 0.05) is 23.5 Å². The molecule has 5 aromatic rings. The maximum Gasteiger partial charge on any atom is 0.262 e. The first-order valence-electron chi connectivity index (χ1n) is 15.6. The Morgan fingerprint density at radius 3 is 2.21 bits per heavy atom. The fraction of sp³-hybridized carbons (Fsp3) is 0.184. The summed E-state index contributed by atoms with van der Waals surface area (Å²) in [5, 5.41) is 0. The number of rotatable bonds is 11. The molecular weight excluding hydrogens is 627 g/mol. The normalized spacial score (nSPS) is 14.3. The van der Waals surface area contributed by atoms with Crippen LogP contribution in [0, 0.1) is 6.92 Å². The fourth-order valence-corrected chi connectivity index (χ4v) is 7.04. The fourth-order valence-electron chi connectivity index (χ4n) is 5.95. The summed E-state index contributed by atoms with van der Waals surface area (Å²) in [5.74, 6) is 1.29. The Hall–Kier alpha value is -5.48. The van der Waals surface area contributed by atoms with E-state index in [1.54, 1.807) is 37.3 Å². The van der Waals surface area contributed by atoms with Gasteiger partial charge < -0.3 is 19.1 Å². The lowest BCUT2D eigenvalue weighted by Gasteiger charge is -2.46. The summed E-state index contributed by atoms with van der Waals surface area (Å²) in [7, 11) is -0.890. The van der Waals surface area contributed by atoms with Crippen LogP contribution < -0.4 is 28.7 Å². The highest BCUT2D eigenvalue weighted by molar-refractivity contribution is 7.92. The van der Waals surface area contributed by atoms with E-state index >= 15 is 0 Å². The van der Waals surface area contributed by atoms with Gasteiger partial charge in [-0.15, -0.1) is 0 Å². The van der Waals surface area contributed by atoms with E-state index in [2.05, 4.69) is 9.62 Å². The second kappa shape index (κ2) is 13.7. The number of nitrogens with one attached hydrogen (secondary N) is 1. The van der Waals surface area contributed by atoms with Crippen molar-refractivity contribution in [3.8, 4) is 17.2 Å². The van der Waals surface area contributed by atoms with E-state index in [9.17, 15) is 13.2 Å². The topological polar surface area (TPSA) is 97.4 Å². The summed E-state index contributed by atoms with van der Waals surface area (Å²) >= 11 is 0. The molecule has 6 rings (SSSR count). The number of methoxy groups -OCH3 is 2. The summed E-state index contributed by atoms with van der Waals surface area (Å²) in [5.41, 5.74) is 4.53. The minimum atomic E-state index is -4.03. The molecule has 0 aromatic heterocycles. The summed E-state index contributed by atoms with van der Waals surface area (Å²) in [6.45, 7) is 4.73. The Morgan fingerprint density at radius 1 is 0.812 bits per heavy atom. The van der Waals surface area contributed by atoms with Crippen LogP contribution in [-0.4, -0.2) is 35.2 Å². The number of carbonyl (C=O) groups excluding carboxylic acids is 1. The van der Waals surface area contributed by atoms with Crippen molar-refractivity contribution in [2.75, 3.05) is 35.3 Å². The lowest BCUT2D eigenvalue weighted by Crippen LogP contribution is -2.49. The third-order valence-corrected chi connectivity index (χ3v) is 9.59. The quantitative estimate of drug-likeness (QED) is 0.156. The first-order chi connectivity index (χ1) is 23.2. The van der Waals surface area contributed by atoms with Crippen LogP contribution in [0.15, 0.2) is 120 Å². The highest BCUT2D eigenvalue weighted by atomic mass is 32.2. The first-order valence-corrected chi connectivity index (χ1v) is 17.0. The third-order valence-electron chi connectivity index (χ3n) is 8.21. The Bertz CT molecular complexity index is 2020. The van der Waals surface area contributed by atoms with Gasteiger partial charge in [0.15, 0.2) is 11.5 Å². The summed E-state index contributed by atoms with van der Waals surface area (Å²) < 4.78 is 47.2. The van der Waals surface area contributed by atoms with E-state index in [0.29, 0.717) is 53.0 Å². The van der Waals surface area contributed by atoms with Crippen LogP contribution in [0.1, 0.15) is 40.1 Å². The Morgan fingerprint density at radius 2 is 1.54 bits per heavy atom. The highest BCUT2D eigenvalue weighted by Gasteiger charge is 2.42. The third kappa shape index (κ3) is 6.39. The Balaban J connectivity index is 1.56. The highest BCUT2D eigenvalue weighted by Crippen LogP contribution is 2.47. The minimum absolute atomic E-state index is 0.0288. The molecule has 48 heavy (non-hydrogen) atoms. The maximum absolute atomic E-state index is 14.8. The molecule has 0 radical (unpaired) electrons. The van der Waals surface area contributed by atoms with Crippen LogP contribution in [0.2, 0.25) is 0 Å². The number of aryl methyl sites for hydroxylation is 1. The number of benzene rings is 5. The van der Waals surface area contributed by atoms with Crippen LogP contribution >= 0.6 is 0 Å². The molecule has 0 bridgehead atoms. The van der Waals surface area contributed by atoms with Crippen LogP contribution in [-0.2, 0) is 16.6 Å². The number of anilines is 3. The number of para-hydroxylation sites is 1. The second-order valence-electron chi connectivity index (χ2n) is 11.3. The van der Waals surface area contributed by atoms with E-state index in [1.807, 2.05) is 98.8 Å². The number of ether oxygens (including phenoxy) is 3. The van der Waals surface area contributed by atoms with Crippen molar-refractivity contribution in [2.45, 2.75) is 31.5 Å². The van der Waals surface area contributed by atoms with Crippen molar-refractivity contribution < 1.29 is 27.4 Å². The smallest absolute Gasteiger partial charge is 0.262 e. The molecule has 0 unspecified atom stereocenters. The molecular formula is C38H37N3O6S. The first kappa shape index (κ1) is 32.5. The lowest BCUT2D eigenvalue weighted by molar-refractivity contribution is 0.0967. The summed E-state index contributed by atoms with van der Waals surface area (Å²) in [6.07, 6.45) is -0.707. The number of fused-ring (bicyclic) bond motifs is 1. The van der Waals surface area contributed by atoms with E-state index in [0.717, 1.165) is 11.1 Å². The standard InChI is InChI=1S/C38H37N3O6S/c1-5-47-30-20-18-29(19-21-30)41-37(32-12-9-13-35(45-3)36(32)46-4)40(25-27-10-7-6-8-11-27)34-23-22-31(24-33(34)38(41)42)48(43,44)39-28-16-14-26(2)15-17-28/h6-24,37,39H,5,25H2,1-4H3/t37-/m0/s1. The molecule has 0 aliphatic carbocycles. The van der Waals surface area contributed by atoms with Crippen molar-refractivity contribution in [3.05, 3.63) is 138 Å². The van der Waals surface area contributed by atoms with Crippen LogP contribution in [0.25, 0.3) is 0 Å². The zero-order chi connectivity index (χ0) is 33.8. The molecule has 0 saturated carbocycles. The minimum Gasteiger partial charge on any atom is -0.494 e. The van der Waals surface area contributed by atoms with Gasteiger partial charge in [0.2, 0.25) is 0 Å². The number of hydrogen-bond donors (Lipinski definition) is 1. The van der Waals surface area contributed by atoms with Gasteiger partial charge in [-0.3, -0.25) is 14.4 Å². The van der Waals surface area contributed by atoms with E-state index in [4.69, 9.17) is 14.2 Å². The average molecular weight is 664 g/mol. The predicted molar refractivity (Wildman–Crippen MR) is 188 cm³/mol. The van der Waals surface area contributed by atoms with Crippen molar-refractivity contribution in [1.82, 2.24) is 0 Å². The number of hydrogen-bond acceptors (Lipinski definition) is 7. The molecule has 1 aliphatic heterocycles. The number of amides is 1. The van der Waals surface area contributed by atoms with E-state index in [-0.39, 0.29) is 16.4 Å². The molecule has 0 spiro atoms. The van der Waals surface area contributed by atoms with Gasteiger partial charge in [-0.05, 0) is 80.1 Å². The molecule has 1 N–H and O–H groups in total. The van der Waals surface area contributed by atoms with Gasteiger partial charge in [0.1, 0.15) is 11.9 Å². The lowest BCUT2D eigenvalue weighted by atomic mass is 9.98. The van der Waals surface area contributed by atoms with Gasteiger partial charge in [-0.1, -0.05) is 60.2 Å². The Kier molecular flexibility index (Phi) is 9.27. The van der Waals surface area contributed by atoms with Crippen molar-refractivity contribution >= 4 is 33.0 Å². The SMILES string of the molecule is CCOc1ccc(N2C(=O)c3cc(S(=O)(=O)Nc4ccc(C)cc4)ccc3N(Cc3ccccc3)[C@@H]2c2cccc(OC)c2OC)cc1. The molecule has 0 saturated heterocycles. The monoisotopic (exact) mass is 663 g/mol. The van der Waals surface area contributed by atoms with Crippen molar-refractivity contribution in [2.24, 2.45) is 0 Å². The molecule has 1 amide bonds. The second-order valence-corrected chi connectivity index (χ2v) is 13.0. The van der Waals surface area contributed by atoms with Crippen molar-refractivity contribution in [3.63, 3.8) is 0 Å². The average Bonchev–Trinajstić information content (AvgIpc) is 3.10. The van der Waals surface area contributed by atoms with Gasteiger partial charge in [-0.25, -0.2) is 8.42 Å². The molecule has 0 fully saturated rings. The summed E-state index contributed by atoms with van der Waals surface area (Å²) in [4.78, 5) is 18.5. The van der Waals surface area contributed by atoms with Crippen LogP contribution in [0.4, 0.5) is 17.1 Å². The van der Waals surface area contributed by atoms with Crippen LogP contribution in [0.5, 0.6) is 17.2 Å². The predicted octanol–water partition coefficient (Wildman–Crippen LogP) is 7.58. The Labute approximate surface area is 281 Å². The molecule has 1 heterocycles. The number of carbonyl (C=O) groups is 1. The van der Waals surface area contributed by atoms with Gasteiger partial charge in [0.25, 0.3) is 15.9 Å². The molecule has 9 nitrogen and oxygen atoms in total. The zero-order valence-electron chi connectivity index (χ0n) is 27.2. The number of nitrogens with zero attached hydrogens (tertiary/aromatic N) is 2. The van der Waals surface area contributed by atoms with Crippen molar-refractivity contribution in [1.29, 1.82) is 0 Å². The van der Waals surface area contributed by atoms with E-state index < -0.39 is 16.2 Å². The van der Waals surface area contributed by atoms with Gasteiger partial charge in [0.05, 0.1) is 37.0 Å². The molecule has 5 aromatic carbocycles. The largest absolute Gasteiger partial charge is 0.494 e. The molecule has 1 atom stereocenters. The number of sulfonamides is 1. The van der Waals surface area contributed by atoms with E-state index in [1.165, 1.54) is 12.1 Å². The zero-order valence-corrected chi connectivity index (χ0v) is 28.0. The maximum atomic E-state index is 14.8. The molecule has 246 valence electrons. The molecule has 1 aliphatic rings. The summed E-state index contributed by atoms with van der Waals surface area (Å²) in [6, 6.07) is 34.5. The molecule has 10 heteroatoms. The van der Waals surface area contributed by atoms with Gasteiger partial charge in [-0.2, -0.15) is 0 Å². The van der Waals surface area contributed by atoms with Gasteiger partial charge >= 0.3 is 0 Å².